The van der Waals surface area contributed by atoms with E-state index in [1.165, 1.54) is 32.4 Å². The van der Waals surface area contributed by atoms with Crippen LogP contribution in [0.25, 0.3) is 0 Å². The van der Waals surface area contributed by atoms with E-state index in [9.17, 15) is 0 Å². The standard InChI is InChI=1S/C17H34N2O/c1-14(2)9-18-11-17(6-5-7-20-13-17)12-19(4)10-16-8-15(16)3/h14-16,18H,5-13H2,1-4H3. The van der Waals surface area contributed by atoms with Gasteiger partial charge in [-0.2, -0.15) is 0 Å². The van der Waals surface area contributed by atoms with Crippen LogP contribution in [0, 0.1) is 23.2 Å². The average Bonchev–Trinajstić information content (AvgIpc) is 3.04. The van der Waals surface area contributed by atoms with Gasteiger partial charge in [-0.1, -0.05) is 20.8 Å². The quantitative estimate of drug-likeness (QED) is 0.740. The van der Waals surface area contributed by atoms with Crippen LogP contribution in [-0.2, 0) is 4.74 Å². The van der Waals surface area contributed by atoms with Crippen LogP contribution in [0.5, 0.6) is 0 Å². The van der Waals surface area contributed by atoms with Gasteiger partial charge < -0.3 is 15.0 Å². The smallest absolute Gasteiger partial charge is 0.0546 e. The van der Waals surface area contributed by atoms with Crippen molar-refractivity contribution in [1.29, 1.82) is 0 Å². The Morgan fingerprint density at radius 2 is 2.15 bits per heavy atom. The molecule has 3 nitrogen and oxygen atoms in total. The molecule has 1 saturated heterocycles. The molecule has 0 aromatic rings. The van der Waals surface area contributed by atoms with E-state index >= 15 is 0 Å². The van der Waals surface area contributed by atoms with Gasteiger partial charge in [0.15, 0.2) is 0 Å². The van der Waals surface area contributed by atoms with Gasteiger partial charge >= 0.3 is 0 Å². The molecule has 1 heterocycles. The maximum atomic E-state index is 5.82. The Labute approximate surface area is 125 Å². The highest BCUT2D eigenvalue weighted by Crippen LogP contribution is 2.38. The number of rotatable bonds is 8. The van der Waals surface area contributed by atoms with Crippen molar-refractivity contribution in [1.82, 2.24) is 10.2 Å². The molecule has 0 radical (unpaired) electrons. The molecule has 2 fully saturated rings. The maximum Gasteiger partial charge on any atom is 0.0546 e. The first kappa shape index (κ1) is 16.3. The van der Waals surface area contributed by atoms with E-state index in [-0.39, 0.29) is 0 Å². The number of nitrogens with one attached hydrogen (secondary N) is 1. The molecule has 118 valence electrons. The van der Waals surface area contributed by atoms with E-state index in [0.29, 0.717) is 5.41 Å². The lowest BCUT2D eigenvalue weighted by atomic mass is 9.81. The molecule has 3 atom stereocenters. The summed E-state index contributed by atoms with van der Waals surface area (Å²) in [6.45, 7) is 13.5. The Morgan fingerprint density at radius 3 is 2.70 bits per heavy atom. The fourth-order valence-corrected chi connectivity index (χ4v) is 3.55. The second-order valence-electron chi connectivity index (χ2n) is 7.85. The van der Waals surface area contributed by atoms with Gasteiger partial charge in [-0.3, -0.25) is 0 Å². The maximum absolute atomic E-state index is 5.82. The van der Waals surface area contributed by atoms with Crippen LogP contribution in [0.15, 0.2) is 0 Å². The van der Waals surface area contributed by atoms with Gasteiger partial charge in [0.2, 0.25) is 0 Å². The van der Waals surface area contributed by atoms with Gasteiger partial charge in [0, 0.05) is 31.7 Å². The summed E-state index contributed by atoms with van der Waals surface area (Å²) < 4.78 is 5.82. The summed E-state index contributed by atoms with van der Waals surface area (Å²) in [6, 6.07) is 0. The van der Waals surface area contributed by atoms with Crippen LogP contribution >= 0.6 is 0 Å². The van der Waals surface area contributed by atoms with Crippen molar-refractivity contribution in [2.24, 2.45) is 23.2 Å². The molecular weight excluding hydrogens is 248 g/mol. The first-order valence-corrected chi connectivity index (χ1v) is 8.48. The molecule has 1 N–H and O–H groups in total. The zero-order valence-electron chi connectivity index (χ0n) is 14.0. The lowest BCUT2D eigenvalue weighted by molar-refractivity contribution is -0.0235. The molecule has 2 rings (SSSR count). The van der Waals surface area contributed by atoms with Crippen molar-refractivity contribution in [3.63, 3.8) is 0 Å². The van der Waals surface area contributed by atoms with Crippen LogP contribution < -0.4 is 5.32 Å². The van der Waals surface area contributed by atoms with Crippen molar-refractivity contribution < 1.29 is 4.74 Å². The molecule has 0 bridgehead atoms. The highest BCUT2D eigenvalue weighted by molar-refractivity contribution is 4.90. The first-order valence-electron chi connectivity index (χ1n) is 8.48. The van der Waals surface area contributed by atoms with Crippen molar-refractivity contribution in [3.05, 3.63) is 0 Å². The van der Waals surface area contributed by atoms with E-state index in [2.05, 4.69) is 38.0 Å². The number of ether oxygens (including phenoxy) is 1. The minimum atomic E-state index is 0.333. The molecule has 0 aromatic heterocycles. The Morgan fingerprint density at radius 1 is 1.40 bits per heavy atom. The van der Waals surface area contributed by atoms with Crippen LogP contribution in [0.1, 0.15) is 40.0 Å². The predicted octanol–water partition coefficient (Wildman–Crippen LogP) is 2.62. The van der Waals surface area contributed by atoms with E-state index in [4.69, 9.17) is 4.74 Å². The number of hydrogen-bond donors (Lipinski definition) is 1. The fourth-order valence-electron chi connectivity index (χ4n) is 3.55. The van der Waals surface area contributed by atoms with Crippen molar-refractivity contribution in [2.45, 2.75) is 40.0 Å². The second kappa shape index (κ2) is 7.24. The summed E-state index contributed by atoms with van der Waals surface area (Å²) in [6.07, 6.45) is 3.96. The van der Waals surface area contributed by atoms with Gasteiger partial charge in [-0.05, 0) is 50.6 Å². The minimum Gasteiger partial charge on any atom is -0.381 e. The second-order valence-corrected chi connectivity index (χ2v) is 7.85. The summed E-state index contributed by atoms with van der Waals surface area (Å²) in [5.74, 6) is 2.63. The lowest BCUT2D eigenvalue weighted by Crippen LogP contribution is -2.49. The molecule has 1 aliphatic carbocycles. The number of nitrogens with zero attached hydrogens (tertiary/aromatic N) is 1. The highest BCUT2D eigenvalue weighted by atomic mass is 16.5. The van der Waals surface area contributed by atoms with Crippen molar-refractivity contribution in [2.75, 3.05) is 46.4 Å². The molecule has 2 aliphatic rings. The monoisotopic (exact) mass is 282 g/mol. The van der Waals surface area contributed by atoms with Gasteiger partial charge in [-0.25, -0.2) is 0 Å². The third-order valence-electron chi connectivity index (χ3n) is 4.88. The Hall–Kier alpha value is -0.120. The third kappa shape index (κ3) is 5.01. The molecule has 1 saturated carbocycles. The Balaban J connectivity index is 1.81. The molecular formula is C17H34N2O. The molecule has 3 heteroatoms. The zero-order chi connectivity index (χ0) is 14.6. The lowest BCUT2D eigenvalue weighted by Gasteiger charge is -2.40. The SMILES string of the molecule is CC(C)CNCC1(CN(C)CC2CC2C)CCCOC1. The molecule has 3 unspecified atom stereocenters. The summed E-state index contributed by atoms with van der Waals surface area (Å²) in [7, 11) is 2.30. The number of hydrogen-bond acceptors (Lipinski definition) is 3. The van der Waals surface area contributed by atoms with Gasteiger partial charge in [0.25, 0.3) is 0 Å². The van der Waals surface area contributed by atoms with Gasteiger partial charge in [-0.15, -0.1) is 0 Å². The topological polar surface area (TPSA) is 24.5 Å². The van der Waals surface area contributed by atoms with Crippen LogP contribution in [0.4, 0.5) is 0 Å². The summed E-state index contributed by atoms with van der Waals surface area (Å²) >= 11 is 0. The Kier molecular flexibility index (Phi) is 5.88. The van der Waals surface area contributed by atoms with Crippen LogP contribution in [0.3, 0.4) is 0 Å². The minimum absolute atomic E-state index is 0.333. The van der Waals surface area contributed by atoms with E-state index in [1.807, 2.05) is 0 Å². The van der Waals surface area contributed by atoms with Crippen LogP contribution in [-0.4, -0.2) is 51.3 Å². The first-order chi connectivity index (χ1) is 9.51. The molecule has 0 aromatic carbocycles. The zero-order valence-corrected chi connectivity index (χ0v) is 14.0. The predicted molar refractivity (Wildman–Crippen MR) is 85.0 cm³/mol. The van der Waals surface area contributed by atoms with Gasteiger partial charge in [0.05, 0.1) is 6.61 Å². The van der Waals surface area contributed by atoms with Gasteiger partial charge in [0.1, 0.15) is 0 Å². The molecule has 0 amide bonds. The average molecular weight is 282 g/mol. The van der Waals surface area contributed by atoms with E-state index < -0.39 is 0 Å². The molecule has 0 spiro atoms. The molecule has 20 heavy (non-hydrogen) atoms. The van der Waals surface area contributed by atoms with E-state index in [1.54, 1.807) is 0 Å². The molecule has 1 aliphatic heterocycles. The van der Waals surface area contributed by atoms with Crippen LogP contribution in [0.2, 0.25) is 0 Å². The third-order valence-corrected chi connectivity index (χ3v) is 4.88. The van der Waals surface area contributed by atoms with Crippen molar-refractivity contribution in [3.8, 4) is 0 Å². The summed E-state index contributed by atoms with van der Waals surface area (Å²) in [4.78, 5) is 2.56. The largest absolute Gasteiger partial charge is 0.381 e. The summed E-state index contributed by atoms with van der Waals surface area (Å²) in [5.41, 5.74) is 0.333. The summed E-state index contributed by atoms with van der Waals surface area (Å²) in [5, 5.41) is 3.67. The van der Waals surface area contributed by atoms with Crippen molar-refractivity contribution >= 4 is 0 Å². The highest BCUT2D eigenvalue weighted by Gasteiger charge is 2.37. The normalized spacial score (nSPS) is 33.9. The fraction of sp³-hybridized carbons (Fsp3) is 1.00. The Bertz CT molecular complexity index is 287. The van der Waals surface area contributed by atoms with E-state index in [0.717, 1.165) is 44.1 Å².